The second kappa shape index (κ2) is 5.21. The normalized spacial score (nSPS) is 16.4. The summed E-state index contributed by atoms with van der Waals surface area (Å²) in [5.41, 5.74) is 0. The molecule has 0 bridgehead atoms. The van der Waals surface area contributed by atoms with Gasteiger partial charge in [-0.15, -0.1) is 0 Å². The van der Waals surface area contributed by atoms with E-state index in [4.69, 9.17) is 0 Å². The van der Waals surface area contributed by atoms with Crippen LogP contribution in [0, 0.1) is 0 Å². The SMILES string of the molecule is CNC(=O)CO/N=C/N1CCCC1=O. The quantitative estimate of drug-likeness (QED) is 0.370. The average molecular weight is 199 g/mol. The van der Waals surface area contributed by atoms with Crippen molar-refractivity contribution in [2.75, 3.05) is 20.2 Å². The van der Waals surface area contributed by atoms with Crippen molar-refractivity contribution < 1.29 is 14.4 Å². The summed E-state index contributed by atoms with van der Waals surface area (Å²) in [4.78, 5) is 27.9. The van der Waals surface area contributed by atoms with E-state index >= 15 is 0 Å². The second-order valence-corrected chi connectivity index (χ2v) is 2.86. The van der Waals surface area contributed by atoms with E-state index in [2.05, 4.69) is 15.3 Å². The fraction of sp³-hybridized carbons (Fsp3) is 0.625. The molecule has 0 aromatic rings. The highest BCUT2D eigenvalue weighted by Crippen LogP contribution is 2.06. The first kappa shape index (κ1) is 10.5. The zero-order chi connectivity index (χ0) is 10.4. The van der Waals surface area contributed by atoms with E-state index in [1.807, 2.05) is 0 Å². The van der Waals surface area contributed by atoms with Crippen molar-refractivity contribution in [3.05, 3.63) is 0 Å². The van der Waals surface area contributed by atoms with Crippen molar-refractivity contribution in [1.29, 1.82) is 0 Å². The first-order valence-electron chi connectivity index (χ1n) is 4.39. The Hall–Kier alpha value is -1.59. The summed E-state index contributed by atoms with van der Waals surface area (Å²) in [7, 11) is 1.51. The molecule has 1 heterocycles. The summed E-state index contributed by atoms with van der Waals surface area (Å²) < 4.78 is 0. The van der Waals surface area contributed by atoms with E-state index in [9.17, 15) is 9.59 Å². The lowest BCUT2D eigenvalue weighted by Gasteiger charge is -2.06. The van der Waals surface area contributed by atoms with Crippen LogP contribution in [-0.4, -0.2) is 43.3 Å². The molecule has 1 aliphatic heterocycles. The van der Waals surface area contributed by atoms with Gasteiger partial charge in [0.1, 0.15) is 6.34 Å². The molecule has 1 fully saturated rings. The molecule has 0 atom stereocenters. The highest BCUT2D eigenvalue weighted by Gasteiger charge is 2.17. The number of likely N-dealkylation sites (N-methyl/N-ethyl adjacent to an activating group) is 1. The molecule has 0 aromatic heterocycles. The van der Waals surface area contributed by atoms with Gasteiger partial charge < -0.3 is 15.1 Å². The van der Waals surface area contributed by atoms with E-state index in [-0.39, 0.29) is 18.4 Å². The van der Waals surface area contributed by atoms with Crippen LogP contribution in [0.4, 0.5) is 0 Å². The smallest absolute Gasteiger partial charge is 0.260 e. The maximum Gasteiger partial charge on any atom is 0.260 e. The molecule has 0 spiro atoms. The first-order valence-corrected chi connectivity index (χ1v) is 4.39. The number of nitrogens with one attached hydrogen (secondary N) is 1. The molecule has 6 heteroatoms. The van der Waals surface area contributed by atoms with Crippen molar-refractivity contribution in [2.45, 2.75) is 12.8 Å². The van der Waals surface area contributed by atoms with Crippen molar-refractivity contribution in [1.82, 2.24) is 10.2 Å². The standard InChI is InChI=1S/C8H13N3O3/c1-9-7(12)5-14-10-6-11-4-2-3-8(11)13/h6H,2-5H2,1H3,(H,9,12)/b10-6+. The van der Waals surface area contributed by atoms with Crippen LogP contribution in [0.2, 0.25) is 0 Å². The molecule has 0 aromatic carbocycles. The van der Waals surface area contributed by atoms with Crippen LogP contribution in [0.5, 0.6) is 0 Å². The van der Waals surface area contributed by atoms with Crippen LogP contribution in [0.25, 0.3) is 0 Å². The Balaban J connectivity index is 2.20. The third kappa shape index (κ3) is 3.04. The molecule has 0 unspecified atom stereocenters. The highest BCUT2D eigenvalue weighted by atomic mass is 16.6. The molecule has 0 aliphatic carbocycles. The minimum Gasteiger partial charge on any atom is -0.384 e. The third-order valence-corrected chi connectivity index (χ3v) is 1.85. The molecule has 1 saturated heterocycles. The Labute approximate surface area is 81.9 Å². The maximum atomic E-state index is 11.1. The fourth-order valence-corrected chi connectivity index (χ4v) is 1.05. The maximum absolute atomic E-state index is 11.1. The van der Waals surface area contributed by atoms with Gasteiger partial charge in [0.15, 0.2) is 6.61 Å². The number of nitrogens with zero attached hydrogens (tertiary/aromatic N) is 2. The monoisotopic (exact) mass is 199 g/mol. The lowest BCUT2D eigenvalue weighted by molar-refractivity contribution is -0.125. The van der Waals surface area contributed by atoms with E-state index in [1.54, 1.807) is 0 Å². The summed E-state index contributed by atoms with van der Waals surface area (Å²) in [6.07, 6.45) is 2.72. The molecular formula is C8H13N3O3. The van der Waals surface area contributed by atoms with E-state index in [0.29, 0.717) is 13.0 Å². The Morgan fingerprint density at radius 3 is 3.14 bits per heavy atom. The fourth-order valence-electron chi connectivity index (χ4n) is 1.05. The molecule has 1 rings (SSSR count). The van der Waals surface area contributed by atoms with Gasteiger partial charge in [0.2, 0.25) is 5.91 Å². The minimum absolute atomic E-state index is 0.0392. The Kier molecular flexibility index (Phi) is 3.90. The van der Waals surface area contributed by atoms with Gasteiger partial charge in [-0.05, 0) is 6.42 Å². The van der Waals surface area contributed by atoms with Gasteiger partial charge in [-0.1, -0.05) is 5.16 Å². The molecule has 1 aliphatic rings. The molecule has 0 saturated carbocycles. The predicted molar refractivity (Wildman–Crippen MR) is 49.5 cm³/mol. The topological polar surface area (TPSA) is 71.0 Å². The number of likely N-dealkylation sites (tertiary alicyclic amines) is 1. The van der Waals surface area contributed by atoms with E-state index in [0.717, 1.165) is 6.42 Å². The summed E-state index contributed by atoms with van der Waals surface area (Å²) >= 11 is 0. The molecule has 0 radical (unpaired) electrons. The first-order chi connectivity index (χ1) is 6.74. The lowest BCUT2D eigenvalue weighted by atomic mass is 10.4. The molecule has 1 N–H and O–H groups in total. The van der Waals surface area contributed by atoms with E-state index < -0.39 is 0 Å². The van der Waals surface area contributed by atoms with Gasteiger partial charge in [-0.3, -0.25) is 9.59 Å². The van der Waals surface area contributed by atoms with Crippen molar-refractivity contribution >= 4 is 18.2 Å². The number of amides is 2. The number of carbonyl (C=O) groups is 2. The van der Waals surface area contributed by atoms with Crippen LogP contribution in [0.15, 0.2) is 5.16 Å². The lowest BCUT2D eigenvalue weighted by Crippen LogP contribution is -2.24. The predicted octanol–water partition coefficient (Wildman–Crippen LogP) is -0.685. The van der Waals surface area contributed by atoms with Crippen LogP contribution in [0.3, 0.4) is 0 Å². The zero-order valence-electron chi connectivity index (χ0n) is 8.02. The Morgan fingerprint density at radius 2 is 2.57 bits per heavy atom. The molecular weight excluding hydrogens is 186 g/mol. The number of oxime groups is 1. The number of hydrogen-bond donors (Lipinski definition) is 1. The van der Waals surface area contributed by atoms with E-state index in [1.165, 1.54) is 18.3 Å². The zero-order valence-corrected chi connectivity index (χ0v) is 8.02. The van der Waals surface area contributed by atoms with Crippen LogP contribution in [0.1, 0.15) is 12.8 Å². The van der Waals surface area contributed by atoms with Gasteiger partial charge in [0.25, 0.3) is 5.91 Å². The van der Waals surface area contributed by atoms with Crippen LogP contribution < -0.4 is 5.32 Å². The van der Waals surface area contributed by atoms with Crippen LogP contribution in [-0.2, 0) is 14.4 Å². The summed E-state index contributed by atoms with van der Waals surface area (Å²) in [6, 6.07) is 0. The molecule has 2 amide bonds. The van der Waals surface area contributed by atoms with Gasteiger partial charge in [-0.2, -0.15) is 0 Å². The minimum atomic E-state index is -0.255. The van der Waals surface area contributed by atoms with Gasteiger partial charge >= 0.3 is 0 Å². The summed E-state index contributed by atoms with van der Waals surface area (Å²) in [5, 5.41) is 5.89. The Morgan fingerprint density at radius 1 is 1.79 bits per heavy atom. The number of carbonyl (C=O) groups excluding carboxylic acids is 2. The summed E-state index contributed by atoms with van der Waals surface area (Å²) in [5.74, 6) is -0.216. The van der Waals surface area contributed by atoms with Crippen LogP contribution >= 0.6 is 0 Å². The highest BCUT2D eigenvalue weighted by molar-refractivity contribution is 5.89. The third-order valence-electron chi connectivity index (χ3n) is 1.85. The molecule has 78 valence electrons. The van der Waals surface area contributed by atoms with Gasteiger partial charge in [0.05, 0.1) is 0 Å². The van der Waals surface area contributed by atoms with Crippen molar-refractivity contribution in [3.63, 3.8) is 0 Å². The van der Waals surface area contributed by atoms with Gasteiger partial charge in [0, 0.05) is 20.0 Å². The summed E-state index contributed by atoms with van der Waals surface area (Å²) in [6.45, 7) is 0.542. The number of hydrogen-bond acceptors (Lipinski definition) is 4. The van der Waals surface area contributed by atoms with Crippen molar-refractivity contribution in [3.8, 4) is 0 Å². The second-order valence-electron chi connectivity index (χ2n) is 2.86. The average Bonchev–Trinajstić information content (AvgIpc) is 2.58. The molecule has 14 heavy (non-hydrogen) atoms. The van der Waals surface area contributed by atoms with Crippen molar-refractivity contribution in [2.24, 2.45) is 5.16 Å². The number of rotatable bonds is 4. The van der Waals surface area contributed by atoms with Gasteiger partial charge in [-0.25, -0.2) is 0 Å². The Bertz CT molecular complexity index is 252. The molecule has 6 nitrogen and oxygen atoms in total. The largest absolute Gasteiger partial charge is 0.384 e.